The van der Waals surface area contributed by atoms with Crippen molar-refractivity contribution in [3.63, 3.8) is 0 Å². The Labute approximate surface area is 183 Å². The Kier molecular flexibility index (Phi) is 5.19. The van der Waals surface area contributed by atoms with Gasteiger partial charge in [0.1, 0.15) is 17.0 Å². The van der Waals surface area contributed by atoms with Crippen LogP contribution in [0.15, 0.2) is 24.3 Å². The first-order chi connectivity index (χ1) is 15.0. The molecule has 1 atom stereocenters. The van der Waals surface area contributed by atoms with Crippen LogP contribution in [0.25, 0.3) is 10.9 Å². The van der Waals surface area contributed by atoms with Gasteiger partial charge in [-0.1, -0.05) is 32.1 Å². The molecule has 2 aromatic rings. The van der Waals surface area contributed by atoms with Gasteiger partial charge in [-0.3, -0.25) is 9.59 Å². The van der Waals surface area contributed by atoms with Crippen molar-refractivity contribution >= 4 is 22.7 Å². The van der Waals surface area contributed by atoms with Crippen molar-refractivity contribution in [3.05, 3.63) is 30.0 Å². The van der Waals surface area contributed by atoms with E-state index in [-0.39, 0.29) is 23.9 Å². The van der Waals surface area contributed by atoms with Crippen LogP contribution in [-0.4, -0.2) is 46.0 Å². The Morgan fingerprint density at radius 1 is 1.06 bits per heavy atom. The zero-order valence-corrected chi connectivity index (χ0v) is 18.7. The lowest BCUT2D eigenvalue weighted by Crippen LogP contribution is -2.67. The molecule has 6 nitrogen and oxygen atoms in total. The molecular formula is C25H33N3O3. The third-order valence-corrected chi connectivity index (χ3v) is 7.67. The lowest BCUT2D eigenvalue weighted by Gasteiger charge is -2.47. The van der Waals surface area contributed by atoms with Crippen LogP contribution in [0.4, 0.5) is 0 Å². The molecule has 31 heavy (non-hydrogen) atoms. The maximum atomic E-state index is 13.8. The van der Waals surface area contributed by atoms with Crippen molar-refractivity contribution in [2.24, 2.45) is 0 Å². The number of methoxy groups -OCH3 is 1. The van der Waals surface area contributed by atoms with Crippen LogP contribution < -0.4 is 10.1 Å². The molecule has 1 aliphatic heterocycles. The predicted molar refractivity (Wildman–Crippen MR) is 120 cm³/mol. The molecule has 0 spiro atoms. The third-order valence-electron chi connectivity index (χ3n) is 7.67. The van der Waals surface area contributed by atoms with Crippen molar-refractivity contribution in [1.82, 2.24) is 14.8 Å². The highest BCUT2D eigenvalue weighted by Crippen LogP contribution is 2.38. The number of hydrogen-bond acceptors (Lipinski definition) is 3. The average Bonchev–Trinajstić information content (AvgIpc) is 3.42. The summed E-state index contributed by atoms with van der Waals surface area (Å²) in [7, 11) is 1.65. The van der Waals surface area contributed by atoms with Gasteiger partial charge in [-0.2, -0.15) is 0 Å². The number of hydrogen-bond donors (Lipinski definition) is 1. The minimum absolute atomic E-state index is 0.00459. The van der Waals surface area contributed by atoms with E-state index in [9.17, 15) is 9.59 Å². The second kappa shape index (κ2) is 7.88. The van der Waals surface area contributed by atoms with Crippen LogP contribution in [0.1, 0.15) is 75.2 Å². The van der Waals surface area contributed by atoms with Crippen LogP contribution in [0.2, 0.25) is 0 Å². The molecule has 6 heteroatoms. The van der Waals surface area contributed by atoms with E-state index in [0.717, 1.165) is 55.2 Å². The maximum absolute atomic E-state index is 13.8. The summed E-state index contributed by atoms with van der Waals surface area (Å²) in [5.74, 6) is 0.733. The van der Waals surface area contributed by atoms with Crippen LogP contribution in [0.5, 0.6) is 5.75 Å². The number of amides is 2. The van der Waals surface area contributed by atoms with E-state index in [1.807, 2.05) is 40.7 Å². The van der Waals surface area contributed by atoms with Crippen LogP contribution in [-0.2, 0) is 11.3 Å². The van der Waals surface area contributed by atoms with E-state index < -0.39 is 5.54 Å². The average molecular weight is 424 g/mol. The van der Waals surface area contributed by atoms with Gasteiger partial charge < -0.3 is 19.5 Å². The fraction of sp³-hybridized carbons (Fsp3) is 0.600. The molecule has 1 aromatic carbocycles. The zero-order chi connectivity index (χ0) is 21.6. The predicted octanol–water partition coefficient (Wildman–Crippen LogP) is 4.26. The van der Waals surface area contributed by atoms with E-state index >= 15 is 0 Å². The van der Waals surface area contributed by atoms with Gasteiger partial charge in [-0.15, -0.1) is 0 Å². The SMILES string of the molecule is COc1ccc2cc3n(c2c1)C[C@@](C)(C(=O)NC1CCCCC1)N(C1CCCC1)C3=O. The summed E-state index contributed by atoms with van der Waals surface area (Å²) >= 11 is 0. The highest BCUT2D eigenvalue weighted by atomic mass is 16.5. The molecule has 2 fully saturated rings. The zero-order valence-electron chi connectivity index (χ0n) is 18.7. The van der Waals surface area contributed by atoms with Gasteiger partial charge in [0.15, 0.2) is 0 Å². The summed E-state index contributed by atoms with van der Waals surface area (Å²) in [6, 6.07) is 8.21. The van der Waals surface area contributed by atoms with Gasteiger partial charge in [0.05, 0.1) is 19.2 Å². The highest BCUT2D eigenvalue weighted by Gasteiger charge is 2.51. The Bertz CT molecular complexity index is 1000. The number of fused-ring (bicyclic) bond motifs is 3. The smallest absolute Gasteiger partial charge is 0.271 e. The van der Waals surface area contributed by atoms with E-state index in [2.05, 4.69) is 5.32 Å². The molecule has 1 N–H and O–H groups in total. The quantitative estimate of drug-likeness (QED) is 0.799. The summed E-state index contributed by atoms with van der Waals surface area (Å²) in [4.78, 5) is 29.5. The molecule has 2 aliphatic carbocycles. The number of ether oxygens (including phenoxy) is 1. The summed E-state index contributed by atoms with van der Waals surface area (Å²) in [5, 5.41) is 4.33. The molecular weight excluding hydrogens is 390 g/mol. The van der Waals surface area contributed by atoms with Crippen molar-refractivity contribution < 1.29 is 14.3 Å². The topological polar surface area (TPSA) is 63.6 Å². The van der Waals surface area contributed by atoms with Crippen molar-refractivity contribution in [3.8, 4) is 5.75 Å². The summed E-state index contributed by atoms with van der Waals surface area (Å²) in [6.45, 7) is 2.44. The monoisotopic (exact) mass is 423 g/mol. The highest BCUT2D eigenvalue weighted by molar-refractivity contribution is 6.04. The number of benzene rings is 1. The van der Waals surface area contributed by atoms with E-state index in [1.54, 1.807) is 7.11 Å². The van der Waals surface area contributed by atoms with E-state index in [1.165, 1.54) is 19.3 Å². The minimum atomic E-state index is -0.897. The molecule has 2 amide bonds. The van der Waals surface area contributed by atoms with Gasteiger partial charge in [0.2, 0.25) is 5.91 Å². The van der Waals surface area contributed by atoms with Gasteiger partial charge in [-0.05, 0) is 50.8 Å². The third kappa shape index (κ3) is 3.40. The van der Waals surface area contributed by atoms with Gasteiger partial charge in [0, 0.05) is 23.5 Å². The number of nitrogens with one attached hydrogen (secondary N) is 1. The molecule has 2 saturated carbocycles. The Morgan fingerprint density at radius 2 is 1.77 bits per heavy atom. The molecule has 2 heterocycles. The molecule has 5 rings (SSSR count). The number of carbonyl (C=O) groups is 2. The number of aromatic nitrogens is 1. The largest absolute Gasteiger partial charge is 0.497 e. The normalized spacial score (nSPS) is 25.1. The summed E-state index contributed by atoms with van der Waals surface area (Å²) in [6.07, 6.45) is 9.85. The van der Waals surface area contributed by atoms with E-state index in [4.69, 9.17) is 4.74 Å². The fourth-order valence-electron chi connectivity index (χ4n) is 5.94. The first-order valence-corrected chi connectivity index (χ1v) is 11.8. The Morgan fingerprint density at radius 3 is 2.48 bits per heavy atom. The van der Waals surface area contributed by atoms with Gasteiger partial charge in [-0.25, -0.2) is 0 Å². The number of nitrogens with zero attached hydrogens (tertiary/aromatic N) is 2. The Hall–Kier alpha value is -2.50. The fourth-order valence-corrected chi connectivity index (χ4v) is 5.94. The second-order valence-electron chi connectivity index (χ2n) is 9.74. The first kappa shape index (κ1) is 20.4. The molecule has 1 aromatic heterocycles. The molecule has 0 bridgehead atoms. The molecule has 0 unspecified atom stereocenters. The molecule has 0 saturated heterocycles. The standard InChI is InChI=1S/C25H33N3O3/c1-25(24(30)26-18-8-4-3-5-9-18)16-27-21-15-20(31-2)13-12-17(21)14-22(27)23(29)28(25)19-10-6-7-11-19/h12-15,18-19H,3-11,16H2,1-2H3,(H,26,30)/t25-/m0/s1. The van der Waals surface area contributed by atoms with Gasteiger partial charge in [0.25, 0.3) is 5.91 Å². The van der Waals surface area contributed by atoms with Gasteiger partial charge >= 0.3 is 0 Å². The summed E-state index contributed by atoms with van der Waals surface area (Å²) in [5.41, 5.74) is 0.731. The van der Waals surface area contributed by atoms with Crippen molar-refractivity contribution in [2.75, 3.05) is 7.11 Å². The number of carbonyl (C=O) groups excluding carboxylic acids is 2. The maximum Gasteiger partial charge on any atom is 0.271 e. The van der Waals surface area contributed by atoms with E-state index in [0.29, 0.717) is 12.2 Å². The van der Waals surface area contributed by atoms with Crippen LogP contribution in [0, 0.1) is 0 Å². The number of rotatable bonds is 4. The van der Waals surface area contributed by atoms with Crippen molar-refractivity contribution in [2.45, 2.75) is 88.9 Å². The lowest BCUT2D eigenvalue weighted by molar-refractivity contribution is -0.135. The van der Waals surface area contributed by atoms with Crippen LogP contribution in [0.3, 0.4) is 0 Å². The first-order valence-electron chi connectivity index (χ1n) is 11.8. The molecule has 166 valence electrons. The lowest BCUT2D eigenvalue weighted by atomic mass is 9.90. The Balaban J connectivity index is 1.56. The molecule has 3 aliphatic rings. The molecule has 0 radical (unpaired) electrons. The van der Waals surface area contributed by atoms with Crippen LogP contribution >= 0.6 is 0 Å². The second-order valence-corrected chi connectivity index (χ2v) is 9.74. The van der Waals surface area contributed by atoms with Crippen molar-refractivity contribution in [1.29, 1.82) is 0 Å². The minimum Gasteiger partial charge on any atom is -0.497 e. The summed E-state index contributed by atoms with van der Waals surface area (Å²) < 4.78 is 7.46.